The van der Waals surface area contributed by atoms with Crippen LogP contribution >= 0.6 is 11.6 Å². The summed E-state index contributed by atoms with van der Waals surface area (Å²) in [6.45, 7) is 3.61. The summed E-state index contributed by atoms with van der Waals surface area (Å²) >= 11 is 6.10. The summed E-state index contributed by atoms with van der Waals surface area (Å²) < 4.78 is 18.9. The minimum Gasteiger partial charge on any atom is -0.385 e. The maximum atomic E-state index is 13.9. The highest BCUT2D eigenvalue weighted by Gasteiger charge is 2.17. The van der Waals surface area contributed by atoms with Gasteiger partial charge in [0.05, 0.1) is 0 Å². The number of rotatable bonds is 8. The number of halogens is 2. The zero-order chi connectivity index (χ0) is 13.4. The summed E-state index contributed by atoms with van der Waals surface area (Å²) in [5, 5.41) is 3.83. The number of hydrogen-bond donors (Lipinski definition) is 1. The van der Waals surface area contributed by atoms with E-state index in [2.05, 4.69) is 12.2 Å². The largest absolute Gasteiger partial charge is 0.385 e. The van der Waals surface area contributed by atoms with Crippen LogP contribution in [-0.2, 0) is 4.74 Å². The Morgan fingerprint density at radius 3 is 2.83 bits per heavy atom. The third-order valence-electron chi connectivity index (χ3n) is 2.83. The molecule has 0 heterocycles. The first-order valence-corrected chi connectivity index (χ1v) is 6.74. The molecule has 1 rings (SSSR count). The van der Waals surface area contributed by atoms with Gasteiger partial charge in [-0.05, 0) is 37.9 Å². The van der Waals surface area contributed by atoms with Crippen molar-refractivity contribution in [2.24, 2.45) is 0 Å². The fraction of sp³-hybridized carbons (Fsp3) is 0.571. The van der Waals surface area contributed by atoms with E-state index in [-0.39, 0.29) is 11.9 Å². The maximum Gasteiger partial charge on any atom is 0.129 e. The molecule has 0 amide bonds. The standard InChI is InChI=1S/C14H21ClFNO/c1-3-9-17-13(8-5-10-18-2)14-11(15)6-4-7-12(14)16/h4,6-7,13,17H,3,5,8-10H2,1-2H3. The molecule has 0 radical (unpaired) electrons. The average molecular weight is 274 g/mol. The van der Waals surface area contributed by atoms with Crippen LogP contribution in [-0.4, -0.2) is 20.3 Å². The van der Waals surface area contributed by atoms with Crippen molar-refractivity contribution in [1.82, 2.24) is 5.32 Å². The van der Waals surface area contributed by atoms with Crippen LogP contribution in [0.5, 0.6) is 0 Å². The second-order valence-corrected chi connectivity index (χ2v) is 4.68. The van der Waals surface area contributed by atoms with Gasteiger partial charge in [-0.1, -0.05) is 24.6 Å². The van der Waals surface area contributed by atoms with Crippen LogP contribution in [0.2, 0.25) is 5.02 Å². The first-order valence-electron chi connectivity index (χ1n) is 6.37. The Labute approximate surface area is 113 Å². The van der Waals surface area contributed by atoms with E-state index in [0.717, 1.165) is 25.8 Å². The van der Waals surface area contributed by atoms with Crippen LogP contribution < -0.4 is 5.32 Å². The number of benzene rings is 1. The normalized spacial score (nSPS) is 12.7. The summed E-state index contributed by atoms with van der Waals surface area (Å²) in [6.07, 6.45) is 2.70. The quantitative estimate of drug-likeness (QED) is 0.724. The summed E-state index contributed by atoms with van der Waals surface area (Å²) in [5.41, 5.74) is 0.573. The molecule has 102 valence electrons. The van der Waals surface area contributed by atoms with Crippen molar-refractivity contribution in [2.75, 3.05) is 20.3 Å². The summed E-state index contributed by atoms with van der Waals surface area (Å²) in [7, 11) is 1.67. The van der Waals surface area contributed by atoms with Gasteiger partial charge in [-0.2, -0.15) is 0 Å². The Morgan fingerprint density at radius 1 is 1.44 bits per heavy atom. The van der Waals surface area contributed by atoms with Gasteiger partial charge in [0.2, 0.25) is 0 Å². The lowest BCUT2D eigenvalue weighted by molar-refractivity contribution is 0.188. The van der Waals surface area contributed by atoms with Gasteiger partial charge in [-0.3, -0.25) is 0 Å². The molecule has 0 aliphatic carbocycles. The van der Waals surface area contributed by atoms with E-state index >= 15 is 0 Å². The maximum absolute atomic E-state index is 13.9. The number of ether oxygens (including phenoxy) is 1. The van der Waals surface area contributed by atoms with Gasteiger partial charge in [-0.15, -0.1) is 0 Å². The van der Waals surface area contributed by atoms with Crippen molar-refractivity contribution in [3.63, 3.8) is 0 Å². The highest BCUT2D eigenvalue weighted by atomic mass is 35.5. The topological polar surface area (TPSA) is 21.3 Å². The van der Waals surface area contributed by atoms with Gasteiger partial charge < -0.3 is 10.1 Å². The van der Waals surface area contributed by atoms with Gasteiger partial charge in [0.25, 0.3) is 0 Å². The lowest BCUT2D eigenvalue weighted by atomic mass is 10.0. The Morgan fingerprint density at radius 2 is 2.22 bits per heavy atom. The Hall–Kier alpha value is -0.640. The van der Waals surface area contributed by atoms with Crippen molar-refractivity contribution >= 4 is 11.6 Å². The molecule has 0 aromatic heterocycles. The molecule has 4 heteroatoms. The van der Waals surface area contributed by atoms with Crippen molar-refractivity contribution in [3.8, 4) is 0 Å². The third kappa shape index (κ3) is 4.56. The predicted octanol–water partition coefficient (Wildman–Crippen LogP) is 3.95. The molecule has 18 heavy (non-hydrogen) atoms. The summed E-state index contributed by atoms with van der Waals surface area (Å²) in [5.74, 6) is -0.242. The van der Waals surface area contributed by atoms with Crippen LogP contribution in [0.15, 0.2) is 18.2 Å². The first kappa shape index (κ1) is 15.4. The second kappa shape index (κ2) is 8.46. The van der Waals surface area contributed by atoms with Gasteiger partial charge in [0.15, 0.2) is 0 Å². The zero-order valence-electron chi connectivity index (χ0n) is 11.0. The molecule has 0 aliphatic rings. The molecule has 0 aliphatic heterocycles. The van der Waals surface area contributed by atoms with Crippen molar-refractivity contribution in [2.45, 2.75) is 32.2 Å². The molecule has 1 atom stereocenters. The molecule has 1 N–H and O–H groups in total. The minimum absolute atomic E-state index is 0.0474. The van der Waals surface area contributed by atoms with E-state index in [1.807, 2.05) is 0 Å². The van der Waals surface area contributed by atoms with Crippen molar-refractivity contribution in [1.29, 1.82) is 0 Å². The molecular formula is C14H21ClFNO. The van der Waals surface area contributed by atoms with E-state index in [0.29, 0.717) is 17.2 Å². The third-order valence-corrected chi connectivity index (χ3v) is 3.16. The van der Waals surface area contributed by atoms with Crippen molar-refractivity contribution < 1.29 is 9.13 Å². The van der Waals surface area contributed by atoms with Gasteiger partial charge in [0.1, 0.15) is 5.82 Å². The van der Waals surface area contributed by atoms with E-state index in [1.165, 1.54) is 6.07 Å². The fourth-order valence-corrected chi connectivity index (χ4v) is 2.24. The SMILES string of the molecule is CCCNC(CCCOC)c1c(F)cccc1Cl. The van der Waals surface area contributed by atoms with Crippen LogP contribution in [0.3, 0.4) is 0 Å². The first-order chi connectivity index (χ1) is 8.70. The number of methoxy groups -OCH3 is 1. The highest BCUT2D eigenvalue weighted by molar-refractivity contribution is 6.31. The molecule has 2 nitrogen and oxygen atoms in total. The Kier molecular flexibility index (Phi) is 7.25. The smallest absolute Gasteiger partial charge is 0.129 e. The van der Waals surface area contributed by atoms with Crippen LogP contribution in [0, 0.1) is 5.82 Å². The predicted molar refractivity (Wildman–Crippen MR) is 73.6 cm³/mol. The Bertz CT molecular complexity index is 339. The lowest BCUT2D eigenvalue weighted by Gasteiger charge is -2.20. The summed E-state index contributed by atoms with van der Waals surface area (Å²) in [4.78, 5) is 0. The van der Waals surface area contributed by atoms with Crippen LogP contribution in [0.25, 0.3) is 0 Å². The average Bonchev–Trinajstić information content (AvgIpc) is 2.35. The summed E-state index contributed by atoms with van der Waals surface area (Å²) in [6, 6.07) is 4.77. The monoisotopic (exact) mass is 273 g/mol. The second-order valence-electron chi connectivity index (χ2n) is 4.28. The zero-order valence-corrected chi connectivity index (χ0v) is 11.8. The van der Waals surface area contributed by atoms with Gasteiger partial charge in [-0.25, -0.2) is 4.39 Å². The molecule has 0 bridgehead atoms. The highest BCUT2D eigenvalue weighted by Crippen LogP contribution is 2.28. The molecule has 1 unspecified atom stereocenters. The van der Waals surface area contributed by atoms with E-state index in [9.17, 15) is 4.39 Å². The number of hydrogen-bond acceptors (Lipinski definition) is 2. The van der Waals surface area contributed by atoms with Gasteiger partial charge in [0, 0.05) is 30.3 Å². The molecule has 0 spiro atoms. The molecule has 1 aromatic carbocycles. The van der Waals surface area contributed by atoms with E-state index in [1.54, 1.807) is 19.2 Å². The fourth-order valence-electron chi connectivity index (χ4n) is 1.94. The number of nitrogens with one attached hydrogen (secondary N) is 1. The molecular weight excluding hydrogens is 253 g/mol. The lowest BCUT2D eigenvalue weighted by Crippen LogP contribution is -2.23. The minimum atomic E-state index is -0.242. The molecule has 0 saturated heterocycles. The van der Waals surface area contributed by atoms with Crippen LogP contribution in [0.1, 0.15) is 37.8 Å². The van der Waals surface area contributed by atoms with Crippen LogP contribution in [0.4, 0.5) is 4.39 Å². The van der Waals surface area contributed by atoms with E-state index < -0.39 is 0 Å². The Balaban J connectivity index is 2.79. The molecule has 0 saturated carbocycles. The van der Waals surface area contributed by atoms with Crippen molar-refractivity contribution in [3.05, 3.63) is 34.6 Å². The van der Waals surface area contributed by atoms with Gasteiger partial charge >= 0.3 is 0 Å². The molecule has 0 fully saturated rings. The van der Waals surface area contributed by atoms with E-state index in [4.69, 9.17) is 16.3 Å². The molecule has 1 aromatic rings.